The van der Waals surface area contributed by atoms with Gasteiger partial charge in [-0.05, 0) is 30.0 Å². The fraction of sp³-hybridized carbons (Fsp3) is 0.125. The number of carbonyl (C=O) groups is 3. The number of hydrogen-bond donors (Lipinski definition) is 1. The van der Waals surface area contributed by atoms with Gasteiger partial charge in [-0.25, -0.2) is 0 Å². The molecule has 5 heteroatoms. The van der Waals surface area contributed by atoms with Crippen LogP contribution in [0.2, 0.25) is 0 Å². The molecule has 0 saturated heterocycles. The summed E-state index contributed by atoms with van der Waals surface area (Å²) in [6.45, 7) is 0. The van der Waals surface area contributed by atoms with Gasteiger partial charge in [0, 0.05) is 11.1 Å². The highest BCUT2D eigenvalue weighted by Gasteiger charge is 2.46. The smallest absolute Gasteiger partial charge is 0.314 e. The highest BCUT2D eigenvalue weighted by atomic mass is 16.5. The zero-order valence-corrected chi connectivity index (χ0v) is 15.3. The Bertz CT molecular complexity index is 1180. The minimum absolute atomic E-state index is 0.00867. The van der Waals surface area contributed by atoms with E-state index < -0.39 is 17.5 Å². The van der Waals surface area contributed by atoms with Crippen LogP contribution in [0, 0.1) is 5.92 Å². The SMILES string of the molecule is O=C1c2ccccc2C(=O)c2c(OC(=O)[C@H]3C[C@@H]3c3ccccc3)ccc(O)c21. The van der Waals surface area contributed by atoms with Crippen LogP contribution in [0.25, 0.3) is 0 Å². The molecule has 2 aliphatic carbocycles. The average molecular weight is 384 g/mol. The second-order valence-corrected chi connectivity index (χ2v) is 7.32. The fourth-order valence-corrected chi connectivity index (χ4v) is 3.97. The highest BCUT2D eigenvalue weighted by molar-refractivity contribution is 6.30. The number of benzene rings is 3. The molecule has 0 heterocycles. The third-order valence-electron chi connectivity index (χ3n) is 5.55. The van der Waals surface area contributed by atoms with Crippen molar-refractivity contribution in [2.24, 2.45) is 5.92 Å². The van der Waals surface area contributed by atoms with Crippen molar-refractivity contribution >= 4 is 17.5 Å². The summed E-state index contributed by atoms with van der Waals surface area (Å²) in [6.07, 6.45) is 0.679. The predicted octanol–water partition coefficient (Wildman–Crippen LogP) is 3.88. The molecule has 0 aliphatic heterocycles. The van der Waals surface area contributed by atoms with E-state index in [9.17, 15) is 19.5 Å². The summed E-state index contributed by atoms with van der Waals surface area (Å²) >= 11 is 0. The lowest BCUT2D eigenvalue weighted by molar-refractivity contribution is -0.135. The molecule has 0 spiro atoms. The monoisotopic (exact) mass is 384 g/mol. The summed E-state index contributed by atoms with van der Waals surface area (Å²) in [5.41, 5.74) is 1.37. The molecule has 3 aromatic carbocycles. The first-order valence-electron chi connectivity index (χ1n) is 9.37. The van der Waals surface area contributed by atoms with E-state index in [0.29, 0.717) is 6.42 Å². The maximum absolute atomic E-state index is 13.0. The van der Waals surface area contributed by atoms with Crippen LogP contribution in [0.1, 0.15) is 49.7 Å². The molecule has 0 aromatic heterocycles. The van der Waals surface area contributed by atoms with E-state index in [1.54, 1.807) is 24.3 Å². The molecule has 5 rings (SSSR count). The standard InChI is InChI=1S/C24H16O5/c25-18-10-11-19(29-24(28)17-12-16(17)13-6-2-1-3-7-13)21-20(18)22(26)14-8-4-5-9-15(14)23(21)27/h1-11,16-17,25H,12H2/t16-,17+/m1/s1. The minimum atomic E-state index is -0.459. The number of phenolic OH excluding ortho intramolecular Hbond substituents is 1. The number of ketones is 2. The molecule has 142 valence electrons. The minimum Gasteiger partial charge on any atom is -0.507 e. The number of esters is 1. The van der Waals surface area contributed by atoms with Gasteiger partial charge < -0.3 is 9.84 Å². The van der Waals surface area contributed by atoms with E-state index in [1.807, 2.05) is 30.3 Å². The molecule has 1 N–H and O–H groups in total. The van der Waals surface area contributed by atoms with Crippen molar-refractivity contribution < 1.29 is 24.2 Å². The number of rotatable bonds is 3. The second-order valence-electron chi connectivity index (χ2n) is 7.32. The summed E-state index contributed by atoms with van der Waals surface area (Å²) in [6, 6.07) is 18.8. The Morgan fingerprint density at radius 1 is 0.828 bits per heavy atom. The van der Waals surface area contributed by atoms with E-state index in [2.05, 4.69) is 0 Å². The van der Waals surface area contributed by atoms with Gasteiger partial charge in [-0.1, -0.05) is 54.6 Å². The van der Waals surface area contributed by atoms with Crippen molar-refractivity contribution in [1.82, 2.24) is 0 Å². The second kappa shape index (κ2) is 6.41. The molecule has 2 aliphatic rings. The Morgan fingerprint density at radius 3 is 2.14 bits per heavy atom. The molecule has 0 radical (unpaired) electrons. The zero-order valence-electron chi connectivity index (χ0n) is 15.3. The summed E-state index contributed by atoms with van der Waals surface area (Å²) in [5.74, 6) is -1.83. The van der Waals surface area contributed by atoms with Crippen molar-refractivity contribution in [2.45, 2.75) is 12.3 Å². The van der Waals surface area contributed by atoms with Crippen molar-refractivity contribution in [2.75, 3.05) is 0 Å². The van der Waals surface area contributed by atoms with Crippen LogP contribution < -0.4 is 4.74 Å². The van der Waals surface area contributed by atoms with E-state index >= 15 is 0 Å². The van der Waals surface area contributed by atoms with Crippen LogP contribution in [0.15, 0.2) is 66.7 Å². The van der Waals surface area contributed by atoms with Crippen LogP contribution in [0.4, 0.5) is 0 Å². The van der Waals surface area contributed by atoms with Crippen molar-refractivity contribution in [3.8, 4) is 11.5 Å². The van der Waals surface area contributed by atoms with Gasteiger partial charge in [0.05, 0.1) is 17.0 Å². The summed E-state index contributed by atoms with van der Waals surface area (Å²) in [7, 11) is 0. The first-order valence-corrected chi connectivity index (χ1v) is 9.37. The lowest BCUT2D eigenvalue weighted by atomic mass is 9.83. The lowest BCUT2D eigenvalue weighted by Gasteiger charge is -2.20. The molecular formula is C24H16O5. The van der Waals surface area contributed by atoms with E-state index in [-0.39, 0.29) is 45.6 Å². The van der Waals surface area contributed by atoms with E-state index in [4.69, 9.17) is 4.74 Å². The van der Waals surface area contributed by atoms with Crippen LogP contribution in [0.3, 0.4) is 0 Å². The number of carbonyl (C=O) groups excluding carboxylic acids is 3. The first kappa shape index (κ1) is 17.4. The predicted molar refractivity (Wildman–Crippen MR) is 104 cm³/mol. The van der Waals surface area contributed by atoms with E-state index in [0.717, 1.165) is 5.56 Å². The zero-order chi connectivity index (χ0) is 20.1. The Balaban J connectivity index is 1.48. The van der Waals surface area contributed by atoms with Gasteiger partial charge in [0.15, 0.2) is 11.6 Å². The quantitative estimate of drug-likeness (QED) is 0.428. The molecule has 29 heavy (non-hydrogen) atoms. The Morgan fingerprint density at radius 2 is 1.45 bits per heavy atom. The van der Waals surface area contributed by atoms with Crippen molar-refractivity contribution in [1.29, 1.82) is 0 Å². The maximum Gasteiger partial charge on any atom is 0.314 e. The third-order valence-corrected chi connectivity index (χ3v) is 5.55. The maximum atomic E-state index is 13.0. The van der Waals surface area contributed by atoms with Gasteiger partial charge in [0.2, 0.25) is 0 Å². The van der Waals surface area contributed by atoms with Crippen LogP contribution in [-0.2, 0) is 4.79 Å². The summed E-state index contributed by atoms with van der Waals surface area (Å²) in [5, 5.41) is 10.2. The summed E-state index contributed by atoms with van der Waals surface area (Å²) in [4.78, 5) is 38.5. The molecular weight excluding hydrogens is 368 g/mol. The number of phenols is 1. The van der Waals surface area contributed by atoms with E-state index in [1.165, 1.54) is 12.1 Å². The molecule has 0 bridgehead atoms. The van der Waals surface area contributed by atoms with Crippen molar-refractivity contribution in [3.63, 3.8) is 0 Å². The van der Waals surface area contributed by atoms with Crippen LogP contribution in [0.5, 0.6) is 11.5 Å². The topological polar surface area (TPSA) is 80.7 Å². The van der Waals surface area contributed by atoms with Crippen molar-refractivity contribution in [3.05, 3.63) is 94.5 Å². The van der Waals surface area contributed by atoms with Crippen LogP contribution in [-0.4, -0.2) is 22.6 Å². The molecule has 0 unspecified atom stereocenters. The Kier molecular flexibility index (Phi) is 3.84. The number of aromatic hydroxyl groups is 1. The number of hydrogen-bond acceptors (Lipinski definition) is 5. The molecule has 2 atom stereocenters. The lowest BCUT2D eigenvalue weighted by Crippen LogP contribution is -2.23. The summed E-state index contributed by atoms with van der Waals surface area (Å²) < 4.78 is 5.55. The normalized spacial score (nSPS) is 19.3. The van der Waals surface area contributed by atoms with Gasteiger partial charge in [0.1, 0.15) is 11.5 Å². The fourth-order valence-electron chi connectivity index (χ4n) is 3.97. The number of fused-ring (bicyclic) bond motifs is 2. The van der Waals surface area contributed by atoms with Gasteiger partial charge in [-0.2, -0.15) is 0 Å². The first-order chi connectivity index (χ1) is 14.1. The molecule has 1 saturated carbocycles. The number of ether oxygens (including phenoxy) is 1. The third kappa shape index (κ3) is 2.74. The van der Waals surface area contributed by atoms with Gasteiger partial charge in [-0.3, -0.25) is 14.4 Å². The largest absolute Gasteiger partial charge is 0.507 e. The van der Waals surface area contributed by atoms with Gasteiger partial charge in [-0.15, -0.1) is 0 Å². The molecule has 3 aromatic rings. The van der Waals surface area contributed by atoms with Gasteiger partial charge in [0.25, 0.3) is 0 Å². The molecule has 5 nitrogen and oxygen atoms in total. The molecule has 0 amide bonds. The Hall–Kier alpha value is -3.73. The van der Waals surface area contributed by atoms with Crippen LogP contribution >= 0.6 is 0 Å². The highest BCUT2D eigenvalue weighted by Crippen LogP contribution is 2.48. The average Bonchev–Trinajstić information content (AvgIpc) is 3.55. The molecule has 1 fully saturated rings. The Labute approximate surface area is 166 Å². The van der Waals surface area contributed by atoms with Gasteiger partial charge >= 0.3 is 5.97 Å².